The van der Waals surface area contributed by atoms with E-state index in [9.17, 15) is 10.1 Å². The second kappa shape index (κ2) is 7.97. The Morgan fingerprint density at radius 3 is 2.37 bits per heavy atom. The van der Waals surface area contributed by atoms with Crippen LogP contribution < -0.4 is 10.4 Å². The maximum atomic E-state index is 12.9. The summed E-state index contributed by atoms with van der Waals surface area (Å²) in [5, 5.41) is 16.1. The van der Waals surface area contributed by atoms with Crippen LogP contribution in [-0.2, 0) is 0 Å². The van der Waals surface area contributed by atoms with Gasteiger partial charge >= 0.3 is 0 Å². The molecule has 2 heterocycles. The van der Waals surface area contributed by atoms with E-state index in [4.69, 9.17) is 0 Å². The topological polar surface area (TPSA) is 63.1 Å². The lowest BCUT2D eigenvalue weighted by molar-refractivity contribution is 0.739. The molecule has 5 nitrogen and oxygen atoms in total. The average Bonchev–Trinajstić information content (AvgIpc) is 3.16. The van der Waals surface area contributed by atoms with Gasteiger partial charge in [-0.05, 0) is 50.1 Å². The highest BCUT2D eigenvalue weighted by Crippen LogP contribution is 2.24. The van der Waals surface area contributed by atoms with E-state index < -0.39 is 5.56 Å². The normalized spacial score (nSPS) is 11.5. The van der Waals surface area contributed by atoms with Crippen molar-refractivity contribution in [3.8, 4) is 23.0 Å². The van der Waals surface area contributed by atoms with Crippen LogP contribution in [0.25, 0.3) is 16.9 Å². The van der Waals surface area contributed by atoms with E-state index in [1.165, 1.54) is 21.6 Å². The molecule has 0 saturated heterocycles. The Bertz CT molecular complexity index is 1380. The van der Waals surface area contributed by atoms with Crippen molar-refractivity contribution in [3.05, 3.63) is 104 Å². The third-order valence-electron chi connectivity index (χ3n) is 4.93. The fraction of sp³-hybridized carbons (Fsp3) is 0.125. The van der Waals surface area contributed by atoms with Gasteiger partial charge in [0.2, 0.25) is 4.80 Å². The molecule has 0 fully saturated rings. The fourth-order valence-corrected chi connectivity index (χ4v) is 4.26. The zero-order chi connectivity index (χ0) is 21.3. The summed E-state index contributed by atoms with van der Waals surface area (Å²) in [7, 11) is 0. The predicted molar refractivity (Wildman–Crippen MR) is 120 cm³/mol. The van der Waals surface area contributed by atoms with E-state index in [1.807, 2.05) is 59.3 Å². The van der Waals surface area contributed by atoms with Gasteiger partial charge in [0, 0.05) is 16.8 Å². The predicted octanol–water partition coefficient (Wildman–Crippen LogP) is 4.53. The lowest BCUT2D eigenvalue weighted by Gasteiger charge is -2.10. The van der Waals surface area contributed by atoms with Gasteiger partial charge in [0.05, 0.1) is 5.69 Å². The molecule has 6 heteroatoms. The molecule has 148 valence electrons. The second-order valence-corrected chi connectivity index (χ2v) is 7.95. The largest absolute Gasteiger partial charge is 0.289 e. The van der Waals surface area contributed by atoms with Crippen molar-refractivity contribution in [1.29, 1.82) is 5.26 Å². The van der Waals surface area contributed by atoms with E-state index in [0.717, 1.165) is 16.9 Å². The molecule has 0 aliphatic rings. The lowest BCUT2D eigenvalue weighted by Crippen LogP contribution is -2.26. The zero-order valence-corrected chi connectivity index (χ0v) is 17.8. The Kier molecular flexibility index (Phi) is 5.21. The van der Waals surface area contributed by atoms with Crippen LogP contribution in [0, 0.1) is 32.1 Å². The van der Waals surface area contributed by atoms with Crippen molar-refractivity contribution in [1.82, 2.24) is 9.24 Å². The molecule has 2 aromatic carbocycles. The number of aryl methyl sites for hydroxylation is 3. The third-order valence-corrected chi connectivity index (χ3v) is 5.74. The SMILES string of the molecule is Cc1ccc(-c2cs/c(=N/n3c(C)cc(C)c(C#N)c3=O)n2-c2ccccc2)cc1. The molecule has 4 rings (SSSR count). The van der Waals surface area contributed by atoms with Crippen LogP contribution in [0.3, 0.4) is 0 Å². The molecule has 0 radical (unpaired) electrons. The molecule has 2 aromatic heterocycles. The van der Waals surface area contributed by atoms with Gasteiger partial charge in [-0.3, -0.25) is 9.36 Å². The molecule has 4 aromatic rings. The monoisotopic (exact) mass is 412 g/mol. The molecule has 0 amide bonds. The van der Waals surface area contributed by atoms with Gasteiger partial charge in [0.1, 0.15) is 11.6 Å². The molecule has 0 spiro atoms. The van der Waals surface area contributed by atoms with Crippen molar-refractivity contribution in [2.24, 2.45) is 5.10 Å². The molecule has 0 bridgehead atoms. The third kappa shape index (κ3) is 3.51. The van der Waals surface area contributed by atoms with Crippen molar-refractivity contribution in [3.63, 3.8) is 0 Å². The maximum Gasteiger partial charge on any atom is 0.289 e. The lowest BCUT2D eigenvalue weighted by atomic mass is 10.1. The van der Waals surface area contributed by atoms with E-state index in [0.29, 0.717) is 16.1 Å². The van der Waals surface area contributed by atoms with Gasteiger partial charge in [-0.15, -0.1) is 16.4 Å². The first-order chi connectivity index (χ1) is 14.5. The molecule has 0 atom stereocenters. The Labute approximate surface area is 178 Å². The van der Waals surface area contributed by atoms with Crippen molar-refractivity contribution in [2.45, 2.75) is 20.8 Å². The maximum absolute atomic E-state index is 12.9. The minimum atomic E-state index is -0.403. The van der Waals surface area contributed by atoms with Crippen LogP contribution in [-0.4, -0.2) is 9.24 Å². The van der Waals surface area contributed by atoms with Gasteiger partial charge < -0.3 is 0 Å². The Morgan fingerprint density at radius 1 is 1.00 bits per heavy atom. The van der Waals surface area contributed by atoms with Crippen LogP contribution >= 0.6 is 11.3 Å². The van der Waals surface area contributed by atoms with Gasteiger partial charge in [0.25, 0.3) is 5.56 Å². The quantitative estimate of drug-likeness (QED) is 0.496. The molecule has 0 N–H and O–H groups in total. The number of aromatic nitrogens is 2. The van der Waals surface area contributed by atoms with Crippen LogP contribution in [0.4, 0.5) is 0 Å². The van der Waals surface area contributed by atoms with Crippen LogP contribution in [0.1, 0.15) is 22.4 Å². The highest BCUT2D eigenvalue weighted by Gasteiger charge is 2.13. The van der Waals surface area contributed by atoms with Crippen LogP contribution in [0.2, 0.25) is 0 Å². The van der Waals surface area contributed by atoms with Gasteiger partial charge in [-0.2, -0.15) is 9.94 Å². The van der Waals surface area contributed by atoms with Crippen LogP contribution in [0.5, 0.6) is 0 Å². The van der Waals surface area contributed by atoms with E-state index in [-0.39, 0.29) is 5.56 Å². The summed E-state index contributed by atoms with van der Waals surface area (Å²) in [6.07, 6.45) is 0. The number of benzene rings is 2. The minimum Gasteiger partial charge on any atom is -0.284 e. The molecule has 0 saturated carbocycles. The summed E-state index contributed by atoms with van der Waals surface area (Å²) in [4.78, 5) is 13.5. The van der Waals surface area contributed by atoms with E-state index in [2.05, 4.69) is 36.3 Å². The Hall–Kier alpha value is -3.69. The summed E-state index contributed by atoms with van der Waals surface area (Å²) in [5.74, 6) is 0. The van der Waals surface area contributed by atoms with Gasteiger partial charge in [-0.1, -0.05) is 48.0 Å². The number of hydrogen-bond donors (Lipinski definition) is 0. The van der Waals surface area contributed by atoms with Gasteiger partial charge in [0.15, 0.2) is 0 Å². The van der Waals surface area contributed by atoms with Crippen LogP contribution in [0.15, 0.2) is 75.9 Å². The molecule has 0 unspecified atom stereocenters. The first-order valence-corrected chi connectivity index (χ1v) is 10.4. The van der Waals surface area contributed by atoms with E-state index >= 15 is 0 Å². The number of nitriles is 1. The zero-order valence-electron chi connectivity index (χ0n) is 17.0. The Balaban J connectivity index is 2.02. The molecule has 0 aliphatic heterocycles. The number of rotatable bonds is 3. The van der Waals surface area contributed by atoms with Crippen molar-refractivity contribution in [2.75, 3.05) is 0 Å². The summed E-state index contributed by atoms with van der Waals surface area (Å²) in [6.45, 7) is 5.64. The van der Waals surface area contributed by atoms with Gasteiger partial charge in [-0.25, -0.2) is 0 Å². The summed E-state index contributed by atoms with van der Waals surface area (Å²) in [6, 6.07) is 22.1. The van der Waals surface area contributed by atoms with Crippen molar-refractivity contribution >= 4 is 11.3 Å². The summed E-state index contributed by atoms with van der Waals surface area (Å²) < 4.78 is 3.35. The molecular formula is C24H20N4OS. The first kappa shape index (κ1) is 19.6. The molecular weight excluding hydrogens is 392 g/mol. The smallest absolute Gasteiger partial charge is 0.284 e. The Morgan fingerprint density at radius 2 is 1.70 bits per heavy atom. The second-order valence-electron chi connectivity index (χ2n) is 7.11. The number of hydrogen-bond acceptors (Lipinski definition) is 4. The number of thiazole rings is 1. The summed E-state index contributed by atoms with van der Waals surface area (Å²) >= 11 is 1.45. The standard InChI is InChI=1S/C24H20N4OS/c1-16-9-11-19(12-10-16)22-15-30-24(27(22)20-7-5-4-6-8-20)26-28-18(3)13-17(2)21(14-25)23(28)29/h4-13,15H,1-3H3/b26-24+. The summed E-state index contributed by atoms with van der Waals surface area (Å²) in [5.41, 5.74) is 5.25. The van der Waals surface area contributed by atoms with Crippen molar-refractivity contribution < 1.29 is 0 Å². The fourth-order valence-electron chi connectivity index (χ4n) is 3.36. The minimum absolute atomic E-state index is 0.117. The highest BCUT2D eigenvalue weighted by molar-refractivity contribution is 7.07. The average molecular weight is 413 g/mol. The number of para-hydroxylation sites is 1. The number of pyridine rings is 1. The molecule has 0 aliphatic carbocycles. The molecule has 30 heavy (non-hydrogen) atoms. The first-order valence-electron chi connectivity index (χ1n) is 9.51. The highest BCUT2D eigenvalue weighted by atomic mass is 32.1. The number of nitrogens with zero attached hydrogens (tertiary/aromatic N) is 4. The van der Waals surface area contributed by atoms with E-state index in [1.54, 1.807) is 6.92 Å².